The molecule has 0 aliphatic rings. The summed E-state index contributed by atoms with van der Waals surface area (Å²) in [4.78, 5) is 12.1. The van der Waals surface area contributed by atoms with E-state index >= 15 is 0 Å². The summed E-state index contributed by atoms with van der Waals surface area (Å²) in [5.74, 6) is 0.484. The third kappa shape index (κ3) is 1.44. The van der Waals surface area contributed by atoms with Gasteiger partial charge in [-0.2, -0.15) is 5.10 Å². The minimum absolute atomic E-state index is 0.184. The molecule has 14 heavy (non-hydrogen) atoms. The van der Waals surface area contributed by atoms with Gasteiger partial charge in [-0.25, -0.2) is 19.6 Å². The molecule has 0 atom stereocenters. The van der Waals surface area contributed by atoms with Crippen LogP contribution in [0.3, 0.4) is 0 Å². The van der Waals surface area contributed by atoms with Crippen molar-refractivity contribution in [3.8, 4) is 5.82 Å². The molecule has 2 rings (SSSR count). The number of nitrogens with two attached hydrogens (primary N) is 1. The van der Waals surface area contributed by atoms with Crippen LogP contribution in [0, 0.1) is 0 Å². The van der Waals surface area contributed by atoms with Crippen molar-refractivity contribution < 1.29 is 0 Å². The zero-order valence-corrected chi connectivity index (χ0v) is 7.85. The number of thiocarbonyl (C=S) groups is 1. The summed E-state index contributed by atoms with van der Waals surface area (Å²) in [6.45, 7) is 0. The SMILES string of the molecule is NC(=S)c1nccnc1-n1cncn1. The minimum Gasteiger partial charge on any atom is -0.388 e. The lowest BCUT2D eigenvalue weighted by Crippen LogP contribution is -2.16. The molecule has 0 aromatic carbocycles. The second-order valence-corrected chi connectivity index (χ2v) is 2.87. The highest BCUT2D eigenvalue weighted by Crippen LogP contribution is 2.05. The molecule has 2 N–H and O–H groups in total. The van der Waals surface area contributed by atoms with Crippen LogP contribution in [-0.2, 0) is 0 Å². The van der Waals surface area contributed by atoms with Crippen molar-refractivity contribution in [3.63, 3.8) is 0 Å². The third-order valence-electron chi connectivity index (χ3n) is 1.55. The highest BCUT2D eigenvalue weighted by molar-refractivity contribution is 7.80. The molecule has 0 fully saturated rings. The van der Waals surface area contributed by atoms with Crippen LogP contribution in [0.5, 0.6) is 0 Å². The highest BCUT2D eigenvalue weighted by atomic mass is 32.1. The van der Waals surface area contributed by atoms with Gasteiger partial charge in [-0.1, -0.05) is 12.2 Å². The van der Waals surface area contributed by atoms with Crippen LogP contribution in [-0.4, -0.2) is 29.7 Å². The number of aromatic nitrogens is 5. The molecule has 0 saturated carbocycles. The molecule has 70 valence electrons. The van der Waals surface area contributed by atoms with Crippen molar-refractivity contribution in [2.45, 2.75) is 0 Å². The summed E-state index contributed by atoms with van der Waals surface area (Å²) < 4.78 is 1.46. The van der Waals surface area contributed by atoms with Crippen molar-refractivity contribution in [3.05, 3.63) is 30.7 Å². The first-order chi connectivity index (χ1) is 6.79. The predicted octanol–water partition coefficient (Wildman–Crippen LogP) is -0.308. The Morgan fingerprint density at radius 3 is 2.79 bits per heavy atom. The van der Waals surface area contributed by atoms with E-state index < -0.39 is 0 Å². The minimum atomic E-state index is 0.184. The first-order valence-electron chi connectivity index (χ1n) is 3.75. The van der Waals surface area contributed by atoms with Crippen molar-refractivity contribution in [2.75, 3.05) is 0 Å². The van der Waals surface area contributed by atoms with Gasteiger partial charge in [0.25, 0.3) is 0 Å². The van der Waals surface area contributed by atoms with Crippen molar-refractivity contribution in [1.29, 1.82) is 0 Å². The van der Waals surface area contributed by atoms with E-state index in [0.29, 0.717) is 11.5 Å². The van der Waals surface area contributed by atoms with Crippen LogP contribution < -0.4 is 5.73 Å². The fourth-order valence-electron chi connectivity index (χ4n) is 0.990. The average Bonchev–Trinajstić information content (AvgIpc) is 2.70. The molecular formula is C7H6N6S. The summed E-state index contributed by atoms with van der Waals surface area (Å²) >= 11 is 4.84. The van der Waals surface area contributed by atoms with Crippen LogP contribution in [0.2, 0.25) is 0 Å². The Balaban J connectivity index is 2.58. The molecule has 0 unspecified atom stereocenters. The lowest BCUT2D eigenvalue weighted by molar-refractivity contribution is 0.833. The maximum Gasteiger partial charge on any atom is 0.184 e. The molecule has 0 saturated heterocycles. The van der Waals surface area contributed by atoms with E-state index in [0.717, 1.165) is 0 Å². The molecule has 0 aliphatic heterocycles. The molecule has 2 aromatic rings. The van der Waals surface area contributed by atoms with Crippen LogP contribution in [0.1, 0.15) is 5.69 Å². The molecule has 2 aromatic heterocycles. The Labute approximate surface area is 84.8 Å². The molecule has 0 aliphatic carbocycles. The van der Waals surface area contributed by atoms with Crippen molar-refractivity contribution >= 4 is 17.2 Å². The van der Waals surface area contributed by atoms with Gasteiger partial charge in [0.1, 0.15) is 23.3 Å². The number of hydrogen-bond donors (Lipinski definition) is 1. The Hall–Kier alpha value is -1.89. The molecule has 6 nitrogen and oxygen atoms in total. The first-order valence-corrected chi connectivity index (χ1v) is 4.15. The maximum atomic E-state index is 5.49. The standard InChI is InChI=1S/C7H6N6S/c8-6(14)5-7(11-2-1-10-5)13-4-9-3-12-13/h1-4H,(H2,8,14). The number of nitrogens with zero attached hydrogens (tertiary/aromatic N) is 5. The summed E-state index contributed by atoms with van der Waals surface area (Å²) in [7, 11) is 0. The van der Waals surface area contributed by atoms with E-state index in [1.807, 2.05) is 0 Å². The average molecular weight is 206 g/mol. The molecular weight excluding hydrogens is 200 g/mol. The van der Waals surface area contributed by atoms with Gasteiger partial charge in [-0.3, -0.25) is 0 Å². The van der Waals surface area contributed by atoms with E-state index in [2.05, 4.69) is 20.1 Å². The van der Waals surface area contributed by atoms with Gasteiger partial charge in [-0.15, -0.1) is 0 Å². The summed E-state index contributed by atoms with van der Waals surface area (Å²) in [6.07, 6.45) is 5.97. The zero-order valence-electron chi connectivity index (χ0n) is 7.03. The van der Waals surface area contributed by atoms with Gasteiger partial charge in [0.05, 0.1) is 0 Å². The molecule has 2 heterocycles. The van der Waals surface area contributed by atoms with Crippen LogP contribution in [0.15, 0.2) is 25.0 Å². The van der Waals surface area contributed by atoms with Gasteiger partial charge < -0.3 is 5.73 Å². The molecule has 0 spiro atoms. The van der Waals surface area contributed by atoms with E-state index in [9.17, 15) is 0 Å². The fraction of sp³-hybridized carbons (Fsp3) is 0. The van der Waals surface area contributed by atoms with E-state index in [1.54, 1.807) is 6.20 Å². The second kappa shape index (κ2) is 3.46. The van der Waals surface area contributed by atoms with Crippen LogP contribution in [0.4, 0.5) is 0 Å². The van der Waals surface area contributed by atoms with Crippen molar-refractivity contribution in [1.82, 2.24) is 24.7 Å². The van der Waals surface area contributed by atoms with Crippen LogP contribution in [0.25, 0.3) is 5.82 Å². The van der Waals surface area contributed by atoms with E-state index in [4.69, 9.17) is 18.0 Å². The van der Waals surface area contributed by atoms with Crippen molar-refractivity contribution in [2.24, 2.45) is 5.73 Å². The van der Waals surface area contributed by atoms with Gasteiger partial charge in [0.15, 0.2) is 5.82 Å². The monoisotopic (exact) mass is 206 g/mol. The Kier molecular flexibility index (Phi) is 2.15. The largest absolute Gasteiger partial charge is 0.388 e. The van der Waals surface area contributed by atoms with Gasteiger partial charge >= 0.3 is 0 Å². The second-order valence-electron chi connectivity index (χ2n) is 2.43. The summed E-state index contributed by atoms with van der Waals surface area (Å²) in [6, 6.07) is 0. The maximum absolute atomic E-state index is 5.49. The zero-order chi connectivity index (χ0) is 9.97. The van der Waals surface area contributed by atoms with Crippen LogP contribution >= 0.6 is 12.2 Å². The summed E-state index contributed by atoms with van der Waals surface area (Å²) in [5, 5.41) is 3.92. The predicted molar refractivity (Wildman–Crippen MR) is 52.8 cm³/mol. The number of hydrogen-bond acceptors (Lipinski definition) is 5. The van der Waals surface area contributed by atoms with Gasteiger partial charge in [0.2, 0.25) is 0 Å². The van der Waals surface area contributed by atoms with E-state index in [1.165, 1.54) is 23.5 Å². The number of rotatable bonds is 2. The summed E-state index contributed by atoms with van der Waals surface area (Å²) in [5.41, 5.74) is 5.93. The Bertz CT molecular complexity index is 451. The van der Waals surface area contributed by atoms with Gasteiger partial charge in [0, 0.05) is 12.4 Å². The quantitative estimate of drug-likeness (QED) is 0.679. The third-order valence-corrected chi connectivity index (χ3v) is 1.74. The molecule has 7 heteroatoms. The highest BCUT2D eigenvalue weighted by Gasteiger charge is 2.09. The smallest absolute Gasteiger partial charge is 0.184 e. The normalized spacial score (nSPS) is 10.0. The lowest BCUT2D eigenvalue weighted by atomic mass is 10.4. The fourth-order valence-corrected chi connectivity index (χ4v) is 1.13. The first kappa shape index (κ1) is 8.70. The Morgan fingerprint density at radius 1 is 1.36 bits per heavy atom. The topological polar surface area (TPSA) is 82.5 Å². The molecule has 0 bridgehead atoms. The molecule has 0 radical (unpaired) electrons. The van der Waals surface area contributed by atoms with Gasteiger partial charge in [-0.05, 0) is 0 Å². The van der Waals surface area contributed by atoms with E-state index in [-0.39, 0.29) is 4.99 Å². The Morgan fingerprint density at radius 2 is 2.14 bits per heavy atom. The molecule has 0 amide bonds. The lowest BCUT2D eigenvalue weighted by Gasteiger charge is -2.03.